The molecule has 0 amide bonds. The van der Waals surface area contributed by atoms with Crippen LogP contribution in [0.3, 0.4) is 0 Å². The molecule has 10 heteroatoms. The Morgan fingerprint density at radius 3 is 2.05 bits per heavy atom. The molecule has 0 aromatic heterocycles. The highest BCUT2D eigenvalue weighted by molar-refractivity contribution is 8.00. The van der Waals surface area contributed by atoms with E-state index in [1.54, 1.807) is 0 Å². The Bertz CT molecular complexity index is 520. The van der Waals surface area contributed by atoms with Gasteiger partial charge in [0.15, 0.2) is 0 Å². The van der Waals surface area contributed by atoms with Gasteiger partial charge in [0.25, 0.3) is 5.69 Å². The number of nitro groups is 3. The van der Waals surface area contributed by atoms with Gasteiger partial charge in [-0.15, -0.1) is 0 Å². The number of nitrogens with zero attached hydrogens (tertiary/aromatic N) is 3. The fraction of sp³-hybridized carbons (Fsp3) is 0.333. The molecule has 9 nitrogen and oxygen atoms in total. The van der Waals surface area contributed by atoms with Gasteiger partial charge in [-0.25, -0.2) is 0 Å². The third-order valence-electron chi connectivity index (χ3n) is 2.37. The van der Waals surface area contributed by atoms with E-state index in [2.05, 4.69) is 0 Å². The minimum atomic E-state index is -2.52. The minimum absolute atomic E-state index is 0.109. The number of rotatable bonds is 6. The van der Waals surface area contributed by atoms with E-state index in [0.29, 0.717) is 0 Å². The van der Waals surface area contributed by atoms with Crippen molar-refractivity contribution in [3.8, 4) is 0 Å². The van der Waals surface area contributed by atoms with Gasteiger partial charge in [-0.3, -0.25) is 30.3 Å². The Hall–Kier alpha value is -2.23. The van der Waals surface area contributed by atoms with Crippen LogP contribution >= 0.6 is 11.8 Å². The minimum Gasteiger partial charge on any atom is -0.258 e. The third kappa shape index (κ3) is 2.78. The van der Waals surface area contributed by atoms with Crippen molar-refractivity contribution in [1.82, 2.24) is 0 Å². The fourth-order valence-corrected chi connectivity index (χ4v) is 2.38. The van der Waals surface area contributed by atoms with Crippen LogP contribution in [0.2, 0.25) is 0 Å². The van der Waals surface area contributed by atoms with Gasteiger partial charge in [0.2, 0.25) is 0 Å². The number of benzene rings is 1. The average molecular weight is 287 g/mol. The van der Waals surface area contributed by atoms with Gasteiger partial charge in [-0.2, -0.15) is 0 Å². The van der Waals surface area contributed by atoms with E-state index in [4.69, 9.17) is 0 Å². The predicted octanol–water partition coefficient (Wildman–Crippen LogP) is 2.30. The molecule has 0 fully saturated rings. The zero-order valence-electron chi connectivity index (χ0n) is 9.72. The molecule has 1 aromatic carbocycles. The van der Waals surface area contributed by atoms with Crippen LogP contribution in [0.15, 0.2) is 29.2 Å². The van der Waals surface area contributed by atoms with Crippen molar-refractivity contribution in [3.05, 3.63) is 54.6 Å². The summed E-state index contributed by atoms with van der Waals surface area (Å²) in [6, 6.07) is 5.20. The molecular weight excluding hydrogens is 278 g/mol. The standard InChI is InChI=1S/C9H9N3O6S/c1-2-9(11(15)16,12(17)18)19-8-6-4-3-5-7(8)10(13)14/h3-6H,2H2,1H3. The predicted molar refractivity (Wildman–Crippen MR) is 66.0 cm³/mol. The zero-order valence-corrected chi connectivity index (χ0v) is 10.5. The Labute approximate surface area is 111 Å². The van der Waals surface area contributed by atoms with Gasteiger partial charge >= 0.3 is 4.99 Å². The van der Waals surface area contributed by atoms with Gasteiger partial charge in [-0.05, 0) is 6.07 Å². The highest BCUT2D eigenvalue weighted by atomic mass is 32.2. The summed E-state index contributed by atoms with van der Waals surface area (Å²) < 4.78 is 0. The molecule has 0 N–H and O–H groups in total. The van der Waals surface area contributed by atoms with Gasteiger partial charge in [0.1, 0.15) is 9.85 Å². The van der Waals surface area contributed by atoms with E-state index < -0.39 is 31.9 Å². The molecule has 0 radical (unpaired) electrons. The highest BCUT2D eigenvalue weighted by Crippen LogP contribution is 2.40. The van der Waals surface area contributed by atoms with Crippen LogP contribution in [-0.4, -0.2) is 19.8 Å². The number of hydrogen-bond acceptors (Lipinski definition) is 7. The van der Waals surface area contributed by atoms with E-state index in [-0.39, 0.29) is 16.7 Å². The maximum absolute atomic E-state index is 11.0. The molecule has 0 unspecified atom stereocenters. The molecule has 0 aliphatic rings. The lowest BCUT2D eigenvalue weighted by Gasteiger charge is -2.14. The van der Waals surface area contributed by atoms with E-state index in [9.17, 15) is 30.3 Å². The molecule has 102 valence electrons. The molecule has 0 bridgehead atoms. The lowest BCUT2D eigenvalue weighted by molar-refractivity contribution is -0.762. The Morgan fingerprint density at radius 1 is 1.11 bits per heavy atom. The topological polar surface area (TPSA) is 129 Å². The first kappa shape index (κ1) is 14.8. The van der Waals surface area contributed by atoms with E-state index >= 15 is 0 Å². The molecule has 0 saturated heterocycles. The maximum atomic E-state index is 11.0. The van der Waals surface area contributed by atoms with Crippen LogP contribution in [0.5, 0.6) is 0 Å². The summed E-state index contributed by atoms with van der Waals surface area (Å²) in [7, 11) is 0. The largest absolute Gasteiger partial charge is 0.510 e. The fourth-order valence-electron chi connectivity index (χ4n) is 1.34. The van der Waals surface area contributed by atoms with Gasteiger partial charge in [0, 0.05) is 17.8 Å². The van der Waals surface area contributed by atoms with E-state index in [1.165, 1.54) is 25.1 Å². The van der Waals surface area contributed by atoms with Crippen LogP contribution in [0, 0.1) is 30.3 Å². The van der Waals surface area contributed by atoms with Crippen molar-refractivity contribution in [3.63, 3.8) is 0 Å². The number of para-hydroxylation sites is 1. The summed E-state index contributed by atoms with van der Waals surface area (Å²) in [6.45, 7) is 1.29. The van der Waals surface area contributed by atoms with Crippen LogP contribution < -0.4 is 0 Å². The highest BCUT2D eigenvalue weighted by Gasteiger charge is 2.56. The van der Waals surface area contributed by atoms with Crippen LogP contribution in [0.1, 0.15) is 13.3 Å². The second-order valence-corrected chi connectivity index (χ2v) is 4.74. The van der Waals surface area contributed by atoms with Gasteiger partial charge < -0.3 is 0 Å². The first-order valence-corrected chi connectivity index (χ1v) is 5.88. The lowest BCUT2D eigenvalue weighted by Crippen LogP contribution is -2.42. The van der Waals surface area contributed by atoms with E-state index in [0.717, 1.165) is 6.07 Å². The van der Waals surface area contributed by atoms with Crippen LogP contribution in [0.4, 0.5) is 5.69 Å². The van der Waals surface area contributed by atoms with Gasteiger partial charge in [0.05, 0.1) is 16.2 Å². The molecule has 19 heavy (non-hydrogen) atoms. The normalized spacial score (nSPS) is 11.0. The summed E-state index contributed by atoms with van der Waals surface area (Å²) in [6.07, 6.45) is -0.399. The first-order valence-electron chi connectivity index (χ1n) is 5.06. The summed E-state index contributed by atoms with van der Waals surface area (Å²) in [5.74, 6) is 0. The quantitative estimate of drug-likeness (QED) is 0.339. The number of thioether (sulfide) groups is 1. The van der Waals surface area contributed by atoms with Crippen molar-refractivity contribution in [2.75, 3.05) is 0 Å². The van der Waals surface area contributed by atoms with Gasteiger partial charge in [-0.1, -0.05) is 19.1 Å². The van der Waals surface area contributed by atoms with Crippen molar-refractivity contribution < 1.29 is 14.8 Å². The maximum Gasteiger partial charge on any atom is 0.510 e. The summed E-state index contributed by atoms with van der Waals surface area (Å²) in [5.41, 5.74) is -0.394. The molecule has 0 spiro atoms. The van der Waals surface area contributed by atoms with Crippen LogP contribution in [0.25, 0.3) is 0 Å². The smallest absolute Gasteiger partial charge is 0.258 e. The first-order chi connectivity index (χ1) is 8.85. The molecule has 0 aliphatic carbocycles. The molecule has 0 aliphatic heterocycles. The van der Waals surface area contributed by atoms with Crippen molar-refractivity contribution >= 4 is 17.4 Å². The number of hydrogen-bond donors (Lipinski definition) is 0. The Kier molecular flexibility index (Phi) is 4.38. The molecule has 0 saturated carbocycles. The van der Waals surface area contributed by atoms with Crippen molar-refractivity contribution in [1.29, 1.82) is 0 Å². The molecular formula is C9H9N3O6S. The van der Waals surface area contributed by atoms with Crippen molar-refractivity contribution in [2.24, 2.45) is 0 Å². The SMILES string of the molecule is CCC(Sc1ccccc1[N+](=O)[O-])([N+](=O)[O-])[N+](=O)[O-]. The summed E-state index contributed by atoms with van der Waals surface area (Å²) in [5, 5.41) is 32.7. The van der Waals surface area contributed by atoms with Crippen LogP contribution in [-0.2, 0) is 0 Å². The molecule has 1 aromatic rings. The Balaban J connectivity index is 3.29. The Morgan fingerprint density at radius 2 is 1.63 bits per heavy atom. The monoisotopic (exact) mass is 287 g/mol. The third-order valence-corrected chi connectivity index (χ3v) is 3.85. The molecule has 1 rings (SSSR count). The molecule has 0 atom stereocenters. The number of nitro benzene ring substituents is 1. The van der Waals surface area contributed by atoms with Crippen molar-refractivity contribution in [2.45, 2.75) is 23.2 Å². The zero-order chi connectivity index (χ0) is 14.6. The molecule has 0 heterocycles. The summed E-state index contributed by atoms with van der Waals surface area (Å²) >= 11 is 0.267. The second-order valence-electron chi connectivity index (χ2n) is 3.44. The average Bonchev–Trinajstić information content (AvgIpc) is 2.35. The van der Waals surface area contributed by atoms with E-state index in [1.807, 2.05) is 0 Å². The second kappa shape index (κ2) is 5.61. The summed E-state index contributed by atoms with van der Waals surface area (Å²) in [4.78, 5) is 27.3. The lowest BCUT2D eigenvalue weighted by atomic mass is 10.3.